The molecule has 0 radical (unpaired) electrons. The summed E-state index contributed by atoms with van der Waals surface area (Å²) in [5.74, 6) is 0.543. The first kappa shape index (κ1) is 15.0. The third-order valence-corrected chi connectivity index (χ3v) is 3.13. The highest BCUT2D eigenvalue weighted by molar-refractivity contribution is 5.57. The van der Waals surface area contributed by atoms with E-state index in [-0.39, 0.29) is 2.85 Å². The van der Waals surface area contributed by atoms with Crippen molar-refractivity contribution in [1.82, 2.24) is 20.2 Å². The molecule has 0 atom stereocenters. The van der Waals surface area contributed by atoms with Crippen LogP contribution in [0.25, 0.3) is 11.3 Å². The van der Waals surface area contributed by atoms with Gasteiger partial charge in [-0.15, -0.1) is 5.10 Å². The third-order valence-electron chi connectivity index (χ3n) is 3.13. The smallest absolute Gasteiger partial charge is 0.313 e. The Hall–Kier alpha value is -2.38. The minimum absolute atomic E-state index is 0. The Kier molecular flexibility index (Phi) is 4.56. The number of aryl methyl sites for hydroxylation is 1. The van der Waals surface area contributed by atoms with Crippen molar-refractivity contribution in [2.75, 3.05) is 6.93 Å². The zero-order chi connectivity index (χ0) is 15.4. The number of hydrogen-bond donors (Lipinski definition) is 2. The molecule has 0 unspecified atom stereocenters. The molecule has 1 fully saturated rings. The minimum atomic E-state index is -1.75. The minimum Gasteiger partial charge on any atom is -0.313 e. The molecule has 116 valence electrons. The van der Waals surface area contributed by atoms with E-state index in [0.29, 0.717) is 17.2 Å². The van der Waals surface area contributed by atoms with Gasteiger partial charge in [0.2, 0.25) is 6.93 Å². The number of hydrogen-bond acceptors (Lipinski definition) is 4. The maximum atomic E-state index is 11.7. The summed E-state index contributed by atoms with van der Waals surface area (Å²) in [6.45, 7) is 0.168. The molecule has 2 aromatic rings. The second kappa shape index (κ2) is 6.38. The van der Waals surface area contributed by atoms with Crippen LogP contribution in [0, 0.1) is 6.92 Å². The first-order valence-corrected chi connectivity index (χ1v) is 6.35. The number of halogens is 2. The van der Waals surface area contributed by atoms with Gasteiger partial charge < -0.3 is 4.98 Å². The maximum absolute atomic E-state index is 11.7. The van der Waals surface area contributed by atoms with Crippen molar-refractivity contribution in [3.63, 3.8) is 0 Å². The van der Waals surface area contributed by atoms with Crippen molar-refractivity contribution in [2.45, 2.75) is 25.7 Å². The molecule has 2 heterocycles. The van der Waals surface area contributed by atoms with Gasteiger partial charge in [0.25, 0.3) is 5.56 Å². The van der Waals surface area contributed by atoms with Gasteiger partial charge in [0, 0.05) is 9.05 Å². The Balaban J connectivity index is 0.000000902. The Morgan fingerprint density at radius 3 is 2.57 bits per heavy atom. The average molecular weight is 300 g/mol. The molecule has 0 aliphatic heterocycles. The summed E-state index contributed by atoms with van der Waals surface area (Å²) in [6, 6.07) is 1.89. The Bertz CT molecular complexity index is 747. The van der Waals surface area contributed by atoms with Crippen LogP contribution in [0.1, 0.15) is 32.9 Å². The van der Waals surface area contributed by atoms with Crippen LogP contribution >= 0.6 is 0 Å². The second-order valence-corrected chi connectivity index (χ2v) is 4.63. The summed E-state index contributed by atoms with van der Waals surface area (Å²) in [5.41, 5.74) is 1.92. The summed E-state index contributed by atoms with van der Waals surface area (Å²) < 4.78 is 19.2. The topological polar surface area (TPSA) is 91.5 Å². The average Bonchev–Trinajstić information content (AvgIpc) is 3.25. The number of alkyl halides is 2. The molecule has 3 rings (SSSR count). The quantitative estimate of drug-likeness (QED) is 0.888. The van der Waals surface area contributed by atoms with Crippen LogP contribution in [0.2, 0.25) is 0 Å². The molecule has 0 spiro atoms. The lowest BCUT2D eigenvalue weighted by atomic mass is 10.1. The fraction of sp³-hybridized carbons (Fsp3) is 0.385. The molecule has 1 aliphatic rings. The predicted molar refractivity (Wildman–Crippen MR) is 76.7 cm³/mol. The van der Waals surface area contributed by atoms with Gasteiger partial charge in [0.1, 0.15) is 5.69 Å². The molecule has 1 saturated carbocycles. The van der Waals surface area contributed by atoms with Crippen LogP contribution in [-0.2, 0) is 0 Å². The van der Waals surface area contributed by atoms with Crippen LogP contribution in [0.3, 0.4) is 0 Å². The lowest BCUT2D eigenvalue weighted by molar-refractivity contribution is 0.295. The number of nitrogens with zero attached hydrogens (tertiary/aromatic N) is 2. The summed E-state index contributed by atoms with van der Waals surface area (Å²) in [5, 5.41) is 8.10. The maximum Gasteiger partial charge on any atom is 0.325 e. The molecule has 0 bridgehead atoms. The van der Waals surface area contributed by atoms with Gasteiger partial charge in [-0.3, -0.25) is 9.78 Å². The van der Waals surface area contributed by atoms with Crippen molar-refractivity contribution < 1.29 is 11.6 Å². The van der Waals surface area contributed by atoms with E-state index < -0.39 is 18.2 Å². The van der Waals surface area contributed by atoms with Gasteiger partial charge in [-0.25, -0.2) is 13.6 Å². The van der Waals surface area contributed by atoms with Gasteiger partial charge in [-0.05, 0) is 37.3 Å². The van der Waals surface area contributed by atoms with Crippen LogP contribution in [0.4, 0.5) is 8.78 Å². The number of nitrogens with one attached hydrogen (secondary N) is 2. The van der Waals surface area contributed by atoms with E-state index in [2.05, 4.69) is 20.2 Å². The van der Waals surface area contributed by atoms with Gasteiger partial charge in [-0.2, -0.15) is 5.10 Å². The molecule has 2 N–H and O–H groups in total. The molecule has 6 nitrogen and oxygen atoms in total. The number of aromatic nitrogens is 4. The molecule has 2 aromatic heterocycles. The molecule has 0 saturated heterocycles. The van der Waals surface area contributed by atoms with E-state index in [1.807, 2.05) is 13.0 Å². The fourth-order valence-corrected chi connectivity index (χ4v) is 2.01. The van der Waals surface area contributed by atoms with Crippen molar-refractivity contribution in [3.05, 3.63) is 44.4 Å². The number of H-pyrrole nitrogens is 2. The van der Waals surface area contributed by atoms with E-state index >= 15 is 0 Å². The molecule has 8 heteroatoms. The largest absolute Gasteiger partial charge is 0.325 e. The Morgan fingerprint density at radius 1 is 1.33 bits per heavy atom. The lowest BCUT2D eigenvalue weighted by Gasteiger charge is -2.04. The molecular formula is C13H18F2N4O2. The highest BCUT2D eigenvalue weighted by Gasteiger charge is 2.26. The zero-order valence-electron chi connectivity index (χ0n) is 11.3. The SMILES string of the molecule is Cc1nnc(-c2c[nH]c(=O)[nH]c2=O)cc1C1CC1.FCF.[HH].[HH]. The summed E-state index contributed by atoms with van der Waals surface area (Å²) >= 11 is 0. The highest BCUT2D eigenvalue weighted by atomic mass is 19.3. The molecular weight excluding hydrogens is 282 g/mol. The second-order valence-electron chi connectivity index (χ2n) is 4.63. The van der Waals surface area contributed by atoms with Gasteiger partial charge in [0.05, 0.1) is 11.3 Å². The highest BCUT2D eigenvalue weighted by Crippen LogP contribution is 2.41. The zero-order valence-corrected chi connectivity index (χ0v) is 11.3. The van der Waals surface area contributed by atoms with Crippen LogP contribution < -0.4 is 11.2 Å². The van der Waals surface area contributed by atoms with E-state index in [9.17, 15) is 18.4 Å². The fourth-order valence-electron chi connectivity index (χ4n) is 2.01. The Morgan fingerprint density at radius 2 is 2.00 bits per heavy atom. The van der Waals surface area contributed by atoms with E-state index in [4.69, 9.17) is 0 Å². The van der Waals surface area contributed by atoms with Crippen molar-refractivity contribution in [2.24, 2.45) is 0 Å². The monoisotopic (exact) mass is 300 g/mol. The number of rotatable bonds is 2. The van der Waals surface area contributed by atoms with E-state index in [0.717, 1.165) is 24.1 Å². The van der Waals surface area contributed by atoms with Crippen LogP contribution in [0.5, 0.6) is 0 Å². The van der Waals surface area contributed by atoms with Crippen LogP contribution in [0.15, 0.2) is 21.9 Å². The van der Waals surface area contributed by atoms with Gasteiger partial charge in [-0.1, -0.05) is 0 Å². The van der Waals surface area contributed by atoms with Crippen molar-refractivity contribution >= 4 is 0 Å². The van der Waals surface area contributed by atoms with Gasteiger partial charge in [0.15, 0.2) is 0 Å². The molecule has 0 amide bonds. The summed E-state index contributed by atoms with van der Waals surface area (Å²) in [4.78, 5) is 27.3. The lowest BCUT2D eigenvalue weighted by Crippen LogP contribution is -2.23. The van der Waals surface area contributed by atoms with Gasteiger partial charge >= 0.3 is 5.69 Å². The molecule has 1 aliphatic carbocycles. The standard InChI is InChI=1S/C12H12N4O2.CH2F2.2H2/c1-6-8(7-2-3-7)4-10(16-15-6)9-5-13-12(18)14-11(9)17;2-1-3;;/h4-5,7H,2-3H2,1H3,(H2,13,14,17,18);1H2;2*1H. The third kappa shape index (κ3) is 3.59. The first-order valence-electron chi connectivity index (χ1n) is 6.35. The van der Waals surface area contributed by atoms with Crippen molar-refractivity contribution in [3.8, 4) is 11.3 Å². The van der Waals surface area contributed by atoms with Crippen molar-refractivity contribution in [1.29, 1.82) is 0 Å². The summed E-state index contributed by atoms with van der Waals surface area (Å²) in [7, 11) is 0. The summed E-state index contributed by atoms with van der Waals surface area (Å²) in [6.07, 6.45) is 3.69. The Labute approximate surface area is 121 Å². The van der Waals surface area contributed by atoms with E-state index in [1.165, 1.54) is 6.20 Å². The first-order chi connectivity index (χ1) is 10.1. The normalized spacial score (nSPS) is 13.5. The molecule has 21 heavy (non-hydrogen) atoms. The van der Waals surface area contributed by atoms with Crippen LogP contribution in [-0.4, -0.2) is 27.1 Å². The van der Waals surface area contributed by atoms with E-state index in [1.54, 1.807) is 0 Å². The predicted octanol–water partition coefficient (Wildman–Crippen LogP) is 2.08. The molecule has 0 aromatic carbocycles. The number of aromatic amines is 2.